The van der Waals surface area contributed by atoms with Crippen LogP contribution < -0.4 is 6.15 Å². The van der Waals surface area contributed by atoms with E-state index in [4.69, 9.17) is 0 Å². The molecule has 48 valence electrons. The van der Waals surface area contributed by atoms with E-state index in [1.807, 2.05) is 18.2 Å². The van der Waals surface area contributed by atoms with Crippen molar-refractivity contribution in [2.45, 2.75) is 0 Å². The molecule has 0 aliphatic heterocycles. The van der Waals surface area contributed by atoms with Crippen LogP contribution in [-0.4, -0.2) is 4.98 Å². The Labute approximate surface area is 54.8 Å². The first kappa shape index (κ1) is 7.85. The summed E-state index contributed by atoms with van der Waals surface area (Å²) < 4.78 is 0. The van der Waals surface area contributed by atoms with Crippen molar-refractivity contribution in [3.8, 4) is 0 Å². The van der Waals surface area contributed by atoms with Crippen molar-refractivity contribution in [1.82, 2.24) is 11.1 Å². The van der Waals surface area contributed by atoms with Crippen molar-refractivity contribution in [1.29, 1.82) is 0 Å². The van der Waals surface area contributed by atoms with Gasteiger partial charge < -0.3 is 6.15 Å². The van der Waals surface area contributed by atoms with Crippen LogP contribution in [0.2, 0.25) is 0 Å². The molecule has 3 N–H and O–H groups in total. The molecule has 1 heterocycles. The van der Waals surface area contributed by atoms with E-state index in [2.05, 4.69) is 11.6 Å². The molecule has 0 amide bonds. The first-order valence-electron chi connectivity index (χ1n) is 2.47. The molecule has 0 aromatic carbocycles. The largest absolute Gasteiger partial charge is 0.344 e. The molecule has 0 atom stereocenters. The zero-order chi connectivity index (χ0) is 5.82. The van der Waals surface area contributed by atoms with E-state index in [-0.39, 0.29) is 6.15 Å². The van der Waals surface area contributed by atoms with E-state index in [9.17, 15) is 0 Å². The lowest BCUT2D eigenvalue weighted by Gasteiger charge is -1.84. The van der Waals surface area contributed by atoms with Gasteiger partial charge in [-0.2, -0.15) is 0 Å². The molecular weight excluding hydrogens is 112 g/mol. The highest BCUT2D eigenvalue weighted by molar-refractivity contribution is 5.40. The summed E-state index contributed by atoms with van der Waals surface area (Å²) in [5, 5.41) is 0. The zero-order valence-corrected chi connectivity index (χ0v) is 5.25. The maximum Gasteiger partial charge on any atom is 0.0623 e. The lowest BCUT2D eigenvalue weighted by Crippen LogP contribution is -1.73. The number of aromatic nitrogens is 1. The Kier molecular flexibility index (Phi) is 3.32. The highest BCUT2D eigenvalue weighted by Crippen LogP contribution is 1.91. The zero-order valence-electron chi connectivity index (χ0n) is 5.25. The number of pyridine rings is 1. The fraction of sp³-hybridized carbons (Fsp3) is 0. The minimum atomic E-state index is 0. The second-order valence-electron chi connectivity index (χ2n) is 1.46. The molecule has 1 aromatic heterocycles. The van der Waals surface area contributed by atoms with Gasteiger partial charge in [-0.1, -0.05) is 12.6 Å². The lowest BCUT2D eigenvalue weighted by molar-refractivity contribution is 1.30. The van der Waals surface area contributed by atoms with Crippen LogP contribution >= 0.6 is 0 Å². The van der Waals surface area contributed by atoms with Crippen LogP contribution in [0.1, 0.15) is 5.69 Å². The van der Waals surface area contributed by atoms with Gasteiger partial charge in [-0.25, -0.2) is 0 Å². The van der Waals surface area contributed by atoms with E-state index < -0.39 is 0 Å². The van der Waals surface area contributed by atoms with Gasteiger partial charge >= 0.3 is 0 Å². The van der Waals surface area contributed by atoms with Gasteiger partial charge in [-0.3, -0.25) is 4.98 Å². The van der Waals surface area contributed by atoms with Gasteiger partial charge in [0, 0.05) is 6.20 Å². The average Bonchev–Trinajstić information content (AvgIpc) is 1.90. The van der Waals surface area contributed by atoms with Crippen LogP contribution in [0.4, 0.5) is 0 Å². The van der Waals surface area contributed by atoms with Crippen LogP contribution in [0.3, 0.4) is 0 Å². The smallest absolute Gasteiger partial charge is 0.0623 e. The molecule has 1 rings (SSSR count). The van der Waals surface area contributed by atoms with Crippen LogP contribution in [-0.2, 0) is 0 Å². The number of rotatable bonds is 1. The Balaban J connectivity index is 0.000000640. The fourth-order valence-electron chi connectivity index (χ4n) is 0.497. The molecule has 0 fully saturated rings. The number of nitrogens with zero attached hydrogens (tertiary/aromatic N) is 1. The summed E-state index contributed by atoms with van der Waals surface area (Å²) >= 11 is 0. The lowest BCUT2D eigenvalue weighted by atomic mass is 10.4. The Bertz CT molecular complexity index is 170. The number of hydrogen-bond acceptors (Lipinski definition) is 2. The summed E-state index contributed by atoms with van der Waals surface area (Å²) in [6.07, 6.45) is 3.47. The SMILES string of the molecule is C=Cc1ccccn1.N. The molecule has 0 saturated heterocycles. The highest BCUT2D eigenvalue weighted by atomic mass is 14.6. The third kappa shape index (κ3) is 2.06. The molecule has 9 heavy (non-hydrogen) atoms. The summed E-state index contributed by atoms with van der Waals surface area (Å²) in [7, 11) is 0. The molecule has 0 aliphatic rings. The topological polar surface area (TPSA) is 47.9 Å². The number of hydrogen-bond donors (Lipinski definition) is 1. The summed E-state index contributed by atoms with van der Waals surface area (Å²) in [5.41, 5.74) is 0.924. The molecule has 0 unspecified atom stereocenters. The third-order valence-electron chi connectivity index (χ3n) is 0.897. The molecule has 2 nitrogen and oxygen atoms in total. The first-order valence-corrected chi connectivity index (χ1v) is 2.47. The first-order chi connectivity index (χ1) is 3.93. The van der Waals surface area contributed by atoms with E-state index in [0.29, 0.717) is 0 Å². The van der Waals surface area contributed by atoms with E-state index in [0.717, 1.165) is 5.69 Å². The molecule has 1 aromatic rings. The molecule has 0 aliphatic carbocycles. The van der Waals surface area contributed by atoms with Gasteiger partial charge in [0.2, 0.25) is 0 Å². The maximum absolute atomic E-state index is 3.98. The summed E-state index contributed by atoms with van der Waals surface area (Å²) in [6.45, 7) is 3.57. The van der Waals surface area contributed by atoms with Gasteiger partial charge in [-0.15, -0.1) is 0 Å². The Morgan fingerprint density at radius 2 is 2.22 bits per heavy atom. The molecule has 0 radical (unpaired) electrons. The second-order valence-corrected chi connectivity index (χ2v) is 1.46. The van der Waals surface area contributed by atoms with Crippen molar-refractivity contribution in [3.05, 3.63) is 36.7 Å². The third-order valence-corrected chi connectivity index (χ3v) is 0.897. The minimum absolute atomic E-state index is 0. The maximum atomic E-state index is 3.98. The van der Waals surface area contributed by atoms with Crippen molar-refractivity contribution >= 4 is 6.08 Å². The summed E-state index contributed by atoms with van der Waals surface area (Å²) in [4.78, 5) is 3.98. The molecule has 0 saturated carbocycles. The molecule has 2 heteroatoms. The van der Waals surface area contributed by atoms with Crippen LogP contribution in [0.5, 0.6) is 0 Å². The Hall–Kier alpha value is -1.15. The Morgan fingerprint density at radius 3 is 2.56 bits per heavy atom. The highest BCUT2D eigenvalue weighted by Gasteiger charge is 1.77. The van der Waals surface area contributed by atoms with E-state index in [1.54, 1.807) is 12.3 Å². The van der Waals surface area contributed by atoms with Crippen LogP contribution in [0.15, 0.2) is 31.0 Å². The molecular formula is C7H10N2. The van der Waals surface area contributed by atoms with Crippen LogP contribution in [0, 0.1) is 0 Å². The monoisotopic (exact) mass is 122 g/mol. The minimum Gasteiger partial charge on any atom is -0.344 e. The van der Waals surface area contributed by atoms with Crippen molar-refractivity contribution < 1.29 is 0 Å². The van der Waals surface area contributed by atoms with E-state index in [1.165, 1.54) is 0 Å². The van der Waals surface area contributed by atoms with Gasteiger partial charge in [0.25, 0.3) is 0 Å². The van der Waals surface area contributed by atoms with Gasteiger partial charge in [-0.05, 0) is 18.2 Å². The fourth-order valence-corrected chi connectivity index (χ4v) is 0.497. The van der Waals surface area contributed by atoms with Crippen LogP contribution in [0.25, 0.3) is 6.08 Å². The normalized spacial score (nSPS) is 7.56. The van der Waals surface area contributed by atoms with Gasteiger partial charge in [0.05, 0.1) is 5.69 Å². The predicted octanol–water partition coefficient (Wildman–Crippen LogP) is 1.89. The summed E-state index contributed by atoms with van der Waals surface area (Å²) in [5.74, 6) is 0. The van der Waals surface area contributed by atoms with E-state index >= 15 is 0 Å². The molecule has 0 bridgehead atoms. The van der Waals surface area contributed by atoms with Gasteiger partial charge in [0.1, 0.15) is 0 Å². The Morgan fingerprint density at radius 1 is 1.44 bits per heavy atom. The van der Waals surface area contributed by atoms with Crippen molar-refractivity contribution in [2.75, 3.05) is 0 Å². The van der Waals surface area contributed by atoms with Gasteiger partial charge in [0.15, 0.2) is 0 Å². The second kappa shape index (κ2) is 3.80. The van der Waals surface area contributed by atoms with Crippen molar-refractivity contribution in [3.63, 3.8) is 0 Å². The average molecular weight is 122 g/mol. The quantitative estimate of drug-likeness (QED) is 0.618. The predicted molar refractivity (Wildman–Crippen MR) is 39.4 cm³/mol. The molecule has 0 spiro atoms. The standard InChI is InChI=1S/C7H7N.H3N/c1-2-7-5-3-4-6-8-7;/h2-6H,1H2;1H3. The summed E-state index contributed by atoms with van der Waals surface area (Å²) in [6, 6.07) is 5.73. The van der Waals surface area contributed by atoms with Crippen molar-refractivity contribution in [2.24, 2.45) is 0 Å².